The summed E-state index contributed by atoms with van der Waals surface area (Å²) < 4.78 is 28.8. The van der Waals surface area contributed by atoms with E-state index in [-0.39, 0.29) is 6.04 Å². The number of halogens is 2. The molecule has 2 amide bonds. The van der Waals surface area contributed by atoms with Gasteiger partial charge in [0, 0.05) is 30.9 Å². The lowest BCUT2D eigenvalue weighted by atomic mass is 10.0. The molecule has 2 N–H and O–H groups in total. The fourth-order valence-electron chi connectivity index (χ4n) is 2.44. The number of nitrogens with one attached hydrogen (secondary N) is 2. The molecule has 0 saturated heterocycles. The number of benzene rings is 1. The number of anilines is 1. The van der Waals surface area contributed by atoms with E-state index in [0.717, 1.165) is 24.2 Å². The van der Waals surface area contributed by atoms with Crippen molar-refractivity contribution in [2.24, 2.45) is 0 Å². The number of aromatic nitrogens is 2. The summed E-state index contributed by atoms with van der Waals surface area (Å²) >= 11 is 0. The molecule has 0 fully saturated rings. The van der Waals surface area contributed by atoms with E-state index >= 15 is 0 Å². The Morgan fingerprint density at radius 1 is 1.29 bits per heavy atom. The molecule has 1 aromatic carbocycles. The topological polar surface area (TPSA) is 59.0 Å². The maximum Gasteiger partial charge on any atom is 0.319 e. The van der Waals surface area contributed by atoms with Gasteiger partial charge < -0.3 is 10.6 Å². The van der Waals surface area contributed by atoms with Crippen LogP contribution < -0.4 is 10.6 Å². The van der Waals surface area contributed by atoms with E-state index < -0.39 is 23.4 Å². The number of aryl methyl sites for hydroxylation is 1. The number of hydrogen-bond acceptors (Lipinski definition) is 2. The van der Waals surface area contributed by atoms with Gasteiger partial charge >= 0.3 is 6.03 Å². The molecule has 0 radical (unpaired) electrons. The molecule has 0 aliphatic carbocycles. The highest BCUT2D eigenvalue weighted by atomic mass is 19.1. The van der Waals surface area contributed by atoms with Crippen LogP contribution in [0.15, 0.2) is 30.5 Å². The van der Waals surface area contributed by atoms with Crippen LogP contribution in [0.2, 0.25) is 0 Å². The van der Waals surface area contributed by atoms with Gasteiger partial charge in [0.15, 0.2) is 0 Å². The van der Waals surface area contributed by atoms with Crippen molar-refractivity contribution >= 4 is 11.7 Å². The highest BCUT2D eigenvalue weighted by Crippen LogP contribution is 2.18. The molecule has 1 unspecified atom stereocenters. The number of amides is 2. The second kappa shape index (κ2) is 5.51. The van der Waals surface area contributed by atoms with Gasteiger partial charge in [-0.05, 0) is 24.6 Å². The summed E-state index contributed by atoms with van der Waals surface area (Å²) in [4.78, 5) is 11.9. The largest absolute Gasteiger partial charge is 0.335 e. The van der Waals surface area contributed by atoms with Gasteiger partial charge in [-0.2, -0.15) is 5.10 Å². The normalized spacial score (nSPS) is 17.1. The fourth-order valence-corrected chi connectivity index (χ4v) is 2.44. The summed E-state index contributed by atoms with van der Waals surface area (Å²) in [6, 6.07) is 4.63. The molecule has 0 bridgehead atoms. The highest BCUT2D eigenvalue weighted by molar-refractivity contribution is 5.89. The molecular formula is C14H14F2N4O. The standard InChI is InChI=1S/C14H14F2N4O/c15-11-2-1-3-12(16)13(11)19-14(21)18-9-5-7-20-10(8-9)4-6-17-20/h1-4,6,9H,5,7-8H2,(H2,18,19,21). The van der Waals surface area contributed by atoms with E-state index in [1.54, 1.807) is 6.20 Å². The first-order valence-electron chi connectivity index (χ1n) is 6.65. The zero-order valence-electron chi connectivity index (χ0n) is 11.1. The van der Waals surface area contributed by atoms with Crippen LogP contribution in [-0.4, -0.2) is 21.9 Å². The summed E-state index contributed by atoms with van der Waals surface area (Å²) in [5.41, 5.74) is 0.597. The Bertz CT molecular complexity index is 650. The number of urea groups is 1. The van der Waals surface area contributed by atoms with Crippen molar-refractivity contribution in [3.63, 3.8) is 0 Å². The fraction of sp³-hybridized carbons (Fsp3) is 0.286. The van der Waals surface area contributed by atoms with Crippen LogP contribution in [0.25, 0.3) is 0 Å². The van der Waals surface area contributed by atoms with Gasteiger partial charge in [0.05, 0.1) is 0 Å². The van der Waals surface area contributed by atoms with Crippen LogP contribution in [0.1, 0.15) is 12.1 Å². The third-order valence-corrected chi connectivity index (χ3v) is 3.49. The lowest BCUT2D eigenvalue weighted by molar-refractivity contribution is 0.245. The molecule has 0 saturated carbocycles. The Kier molecular flexibility index (Phi) is 3.55. The molecule has 1 atom stereocenters. The van der Waals surface area contributed by atoms with Crippen LogP contribution in [0.3, 0.4) is 0 Å². The van der Waals surface area contributed by atoms with Gasteiger partial charge in [-0.3, -0.25) is 4.68 Å². The van der Waals surface area contributed by atoms with Crippen LogP contribution in [-0.2, 0) is 13.0 Å². The number of nitrogens with zero attached hydrogens (tertiary/aromatic N) is 2. The third-order valence-electron chi connectivity index (χ3n) is 3.49. The molecule has 5 nitrogen and oxygen atoms in total. The Labute approximate surface area is 120 Å². The first-order chi connectivity index (χ1) is 10.1. The van der Waals surface area contributed by atoms with Crippen LogP contribution in [0.4, 0.5) is 19.3 Å². The van der Waals surface area contributed by atoms with Gasteiger partial charge in [0.1, 0.15) is 17.3 Å². The van der Waals surface area contributed by atoms with E-state index in [2.05, 4.69) is 15.7 Å². The number of carbonyl (C=O) groups excluding carboxylic acids is 1. The van der Waals surface area contributed by atoms with Crippen molar-refractivity contribution < 1.29 is 13.6 Å². The minimum absolute atomic E-state index is 0.0796. The second-order valence-corrected chi connectivity index (χ2v) is 4.93. The molecule has 21 heavy (non-hydrogen) atoms. The predicted molar refractivity (Wildman–Crippen MR) is 72.8 cm³/mol. The number of carbonyl (C=O) groups is 1. The first kappa shape index (κ1) is 13.5. The molecule has 2 heterocycles. The Morgan fingerprint density at radius 3 is 2.81 bits per heavy atom. The van der Waals surface area contributed by atoms with E-state index in [9.17, 15) is 13.6 Å². The molecule has 1 aromatic heterocycles. The molecule has 1 aliphatic heterocycles. The average Bonchev–Trinajstić information content (AvgIpc) is 2.90. The maximum atomic E-state index is 13.5. The van der Waals surface area contributed by atoms with Crippen molar-refractivity contribution in [2.45, 2.75) is 25.4 Å². The number of fused-ring (bicyclic) bond motifs is 1. The summed E-state index contributed by atoms with van der Waals surface area (Å²) in [7, 11) is 0. The van der Waals surface area contributed by atoms with Crippen molar-refractivity contribution in [1.82, 2.24) is 15.1 Å². The Morgan fingerprint density at radius 2 is 2.05 bits per heavy atom. The van der Waals surface area contributed by atoms with Crippen LogP contribution in [0, 0.1) is 11.6 Å². The van der Waals surface area contributed by atoms with Gasteiger partial charge in [0.25, 0.3) is 0 Å². The molecular weight excluding hydrogens is 278 g/mol. The average molecular weight is 292 g/mol. The third kappa shape index (κ3) is 2.86. The van der Waals surface area contributed by atoms with E-state index in [4.69, 9.17) is 0 Å². The van der Waals surface area contributed by atoms with Crippen molar-refractivity contribution in [2.75, 3.05) is 5.32 Å². The number of hydrogen-bond donors (Lipinski definition) is 2. The summed E-state index contributed by atoms with van der Waals surface area (Å²) in [5.74, 6) is -1.60. The summed E-state index contributed by atoms with van der Waals surface area (Å²) in [6.07, 6.45) is 3.08. The Balaban J connectivity index is 1.63. The van der Waals surface area contributed by atoms with E-state index in [1.165, 1.54) is 6.07 Å². The summed E-state index contributed by atoms with van der Waals surface area (Å²) in [6.45, 7) is 0.710. The van der Waals surface area contributed by atoms with Gasteiger partial charge in [-0.25, -0.2) is 13.6 Å². The molecule has 7 heteroatoms. The van der Waals surface area contributed by atoms with Gasteiger partial charge in [-0.15, -0.1) is 0 Å². The maximum absolute atomic E-state index is 13.5. The van der Waals surface area contributed by atoms with Crippen LogP contribution >= 0.6 is 0 Å². The quantitative estimate of drug-likeness (QED) is 0.892. The minimum Gasteiger partial charge on any atom is -0.335 e. The zero-order chi connectivity index (χ0) is 14.8. The monoisotopic (exact) mass is 292 g/mol. The van der Waals surface area contributed by atoms with Gasteiger partial charge in [0.2, 0.25) is 0 Å². The van der Waals surface area contributed by atoms with E-state index in [1.807, 2.05) is 10.7 Å². The van der Waals surface area contributed by atoms with Crippen molar-refractivity contribution in [1.29, 1.82) is 0 Å². The smallest absolute Gasteiger partial charge is 0.319 e. The van der Waals surface area contributed by atoms with Gasteiger partial charge in [-0.1, -0.05) is 6.07 Å². The zero-order valence-corrected chi connectivity index (χ0v) is 11.1. The van der Waals surface area contributed by atoms with Crippen molar-refractivity contribution in [3.05, 3.63) is 47.8 Å². The SMILES string of the molecule is O=C(Nc1c(F)cccc1F)NC1CCn2nccc2C1. The number of para-hydroxylation sites is 1. The predicted octanol–water partition coefficient (Wildman–Crippen LogP) is 2.30. The molecule has 3 rings (SSSR count). The molecule has 0 spiro atoms. The summed E-state index contributed by atoms with van der Waals surface area (Å²) in [5, 5.41) is 9.10. The lowest BCUT2D eigenvalue weighted by Gasteiger charge is -2.24. The van der Waals surface area contributed by atoms with E-state index in [0.29, 0.717) is 13.0 Å². The lowest BCUT2D eigenvalue weighted by Crippen LogP contribution is -2.42. The first-order valence-corrected chi connectivity index (χ1v) is 6.65. The second-order valence-electron chi connectivity index (χ2n) is 4.93. The molecule has 110 valence electrons. The minimum atomic E-state index is -0.799. The molecule has 2 aromatic rings. The number of rotatable bonds is 2. The van der Waals surface area contributed by atoms with Crippen LogP contribution in [0.5, 0.6) is 0 Å². The van der Waals surface area contributed by atoms with Crippen molar-refractivity contribution in [3.8, 4) is 0 Å². The molecule has 1 aliphatic rings. The highest BCUT2D eigenvalue weighted by Gasteiger charge is 2.21. The Hall–Kier alpha value is -2.44.